The molecule has 3 aromatic rings. The number of halogens is 1. The fourth-order valence-corrected chi connectivity index (χ4v) is 2.97. The van der Waals surface area contributed by atoms with E-state index in [0.717, 1.165) is 5.56 Å². The molecule has 1 atom stereocenters. The van der Waals surface area contributed by atoms with Crippen LogP contribution in [0.25, 0.3) is 0 Å². The number of aromatic nitrogens is 1. The highest BCUT2D eigenvalue weighted by Crippen LogP contribution is 2.24. The number of hydrogen-bond donors (Lipinski definition) is 1. The molecule has 0 spiro atoms. The van der Waals surface area contributed by atoms with Crippen LogP contribution in [-0.4, -0.2) is 43.2 Å². The van der Waals surface area contributed by atoms with Crippen LogP contribution in [0, 0.1) is 0 Å². The van der Waals surface area contributed by atoms with Crippen LogP contribution in [0.4, 0.5) is 0 Å². The molecule has 0 aliphatic carbocycles. The van der Waals surface area contributed by atoms with E-state index in [0.29, 0.717) is 23.8 Å². The Morgan fingerprint density at radius 1 is 1.03 bits per heavy atom. The number of esters is 1. The minimum Gasteiger partial charge on any atom is -0.467 e. The molecule has 0 unspecified atom stereocenters. The summed E-state index contributed by atoms with van der Waals surface area (Å²) in [5, 5.41) is 3.20. The summed E-state index contributed by atoms with van der Waals surface area (Å²) >= 11 is 5.89. The van der Waals surface area contributed by atoms with E-state index in [9.17, 15) is 9.59 Å². The van der Waals surface area contributed by atoms with Gasteiger partial charge in [-0.25, -0.2) is 9.78 Å². The lowest BCUT2D eigenvalue weighted by molar-refractivity contribution is -0.144. The highest BCUT2D eigenvalue weighted by atomic mass is 35.5. The van der Waals surface area contributed by atoms with Gasteiger partial charge in [-0.1, -0.05) is 41.9 Å². The van der Waals surface area contributed by atoms with Crippen molar-refractivity contribution < 1.29 is 23.8 Å². The van der Waals surface area contributed by atoms with Crippen molar-refractivity contribution in [3.8, 4) is 11.6 Å². The standard InChI is InChI=1S/C24H23ClN2O5/c1-30-24(29)21(16-31-15-13-17-6-3-2-4-7-17)27-22(28)20-8-5-14-26-23(20)32-19-11-9-18(25)10-12-19/h2-12,14,21H,13,15-16H2,1H3,(H,27,28)/t21-/m1/s1. The molecule has 1 amide bonds. The summed E-state index contributed by atoms with van der Waals surface area (Å²) in [6.07, 6.45) is 2.19. The molecule has 1 heterocycles. The SMILES string of the molecule is COC(=O)[C@@H](COCCc1ccccc1)NC(=O)c1cccnc1Oc1ccc(Cl)cc1. The Labute approximate surface area is 191 Å². The number of carbonyl (C=O) groups excluding carboxylic acids is 2. The minimum absolute atomic E-state index is 0.0289. The zero-order valence-corrected chi connectivity index (χ0v) is 18.2. The number of carbonyl (C=O) groups is 2. The molecule has 0 bridgehead atoms. The number of benzene rings is 2. The van der Waals surface area contributed by atoms with E-state index in [4.69, 9.17) is 25.8 Å². The lowest BCUT2D eigenvalue weighted by atomic mass is 10.2. The van der Waals surface area contributed by atoms with Crippen molar-refractivity contribution in [1.29, 1.82) is 0 Å². The van der Waals surface area contributed by atoms with Crippen LogP contribution in [-0.2, 0) is 20.7 Å². The Hall–Kier alpha value is -3.42. The van der Waals surface area contributed by atoms with Gasteiger partial charge in [-0.3, -0.25) is 4.79 Å². The van der Waals surface area contributed by atoms with Gasteiger partial charge in [0.2, 0.25) is 5.88 Å². The Balaban J connectivity index is 1.63. The van der Waals surface area contributed by atoms with Crippen molar-refractivity contribution >= 4 is 23.5 Å². The highest BCUT2D eigenvalue weighted by Gasteiger charge is 2.24. The lowest BCUT2D eigenvalue weighted by Gasteiger charge is -2.17. The molecule has 32 heavy (non-hydrogen) atoms. The first-order chi connectivity index (χ1) is 15.6. The molecular formula is C24H23ClN2O5. The van der Waals surface area contributed by atoms with Gasteiger partial charge in [0.05, 0.1) is 20.3 Å². The zero-order valence-electron chi connectivity index (χ0n) is 17.5. The molecule has 0 saturated carbocycles. The van der Waals surface area contributed by atoms with Gasteiger partial charge in [-0.2, -0.15) is 0 Å². The second-order valence-electron chi connectivity index (χ2n) is 6.77. The lowest BCUT2D eigenvalue weighted by Crippen LogP contribution is -2.45. The van der Waals surface area contributed by atoms with Crippen LogP contribution in [0.3, 0.4) is 0 Å². The van der Waals surface area contributed by atoms with Gasteiger partial charge in [-0.15, -0.1) is 0 Å². The van der Waals surface area contributed by atoms with Crippen molar-refractivity contribution in [3.63, 3.8) is 0 Å². The van der Waals surface area contributed by atoms with E-state index in [1.165, 1.54) is 13.3 Å². The van der Waals surface area contributed by atoms with Crippen molar-refractivity contribution in [1.82, 2.24) is 10.3 Å². The summed E-state index contributed by atoms with van der Waals surface area (Å²) in [5.74, 6) is -0.580. The molecule has 0 aliphatic rings. The number of pyridine rings is 1. The van der Waals surface area contributed by atoms with Crippen LogP contribution in [0.1, 0.15) is 15.9 Å². The van der Waals surface area contributed by atoms with Crippen LogP contribution in [0.5, 0.6) is 11.6 Å². The fourth-order valence-electron chi connectivity index (χ4n) is 2.84. The average molecular weight is 455 g/mol. The molecule has 0 radical (unpaired) electrons. The Kier molecular flexibility index (Phi) is 8.60. The van der Waals surface area contributed by atoms with Crippen molar-refractivity contribution in [2.45, 2.75) is 12.5 Å². The first-order valence-corrected chi connectivity index (χ1v) is 10.3. The number of hydrogen-bond acceptors (Lipinski definition) is 6. The predicted octanol–water partition coefficient (Wildman–Crippen LogP) is 4.06. The zero-order chi connectivity index (χ0) is 22.8. The molecule has 0 aliphatic heterocycles. The van der Waals surface area contributed by atoms with Gasteiger partial charge in [0.25, 0.3) is 5.91 Å². The van der Waals surface area contributed by atoms with Gasteiger partial charge < -0.3 is 19.5 Å². The first-order valence-electron chi connectivity index (χ1n) is 9.95. The van der Waals surface area contributed by atoms with Crippen molar-refractivity contribution in [2.75, 3.05) is 20.3 Å². The number of ether oxygens (including phenoxy) is 3. The molecule has 2 aromatic carbocycles. The van der Waals surface area contributed by atoms with E-state index in [-0.39, 0.29) is 18.1 Å². The second kappa shape index (κ2) is 11.8. The number of amides is 1. The topological polar surface area (TPSA) is 86.8 Å². The Bertz CT molecular complexity index is 1030. The van der Waals surface area contributed by atoms with E-state index in [1.807, 2.05) is 30.3 Å². The van der Waals surface area contributed by atoms with E-state index >= 15 is 0 Å². The van der Waals surface area contributed by atoms with Gasteiger partial charge >= 0.3 is 5.97 Å². The highest BCUT2D eigenvalue weighted by molar-refractivity contribution is 6.30. The fraction of sp³-hybridized carbons (Fsp3) is 0.208. The Morgan fingerprint density at radius 2 is 1.78 bits per heavy atom. The van der Waals surface area contributed by atoms with Gasteiger partial charge in [0.1, 0.15) is 11.3 Å². The maximum Gasteiger partial charge on any atom is 0.330 e. The maximum absolute atomic E-state index is 12.9. The van der Waals surface area contributed by atoms with Crippen LogP contribution in [0.15, 0.2) is 72.9 Å². The number of nitrogens with zero attached hydrogens (tertiary/aromatic N) is 1. The monoisotopic (exact) mass is 454 g/mol. The van der Waals surface area contributed by atoms with Gasteiger partial charge in [-0.05, 0) is 48.4 Å². The molecule has 1 aromatic heterocycles. The number of nitrogens with one attached hydrogen (secondary N) is 1. The normalized spacial score (nSPS) is 11.4. The molecule has 1 N–H and O–H groups in total. The average Bonchev–Trinajstić information content (AvgIpc) is 2.83. The third-order valence-corrected chi connectivity index (χ3v) is 4.75. The van der Waals surface area contributed by atoms with Crippen LogP contribution < -0.4 is 10.1 Å². The minimum atomic E-state index is -0.980. The maximum atomic E-state index is 12.9. The van der Waals surface area contributed by atoms with Crippen molar-refractivity contribution in [2.24, 2.45) is 0 Å². The smallest absolute Gasteiger partial charge is 0.330 e. The molecule has 8 heteroatoms. The summed E-state index contributed by atoms with van der Waals surface area (Å²) in [6.45, 7) is 0.365. The third kappa shape index (κ3) is 6.80. The van der Waals surface area contributed by atoms with Gasteiger partial charge in [0, 0.05) is 11.2 Å². The summed E-state index contributed by atoms with van der Waals surface area (Å²) in [5.41, 5.74) is 1.28. The van der Waals surface area contributed by atoms with Crippen LogP contribution in [0.2, 0.25) is 5.02 Å². The Morgan fingerprint density at radius 3 is 2.50 bits per heavy atom. The van der Waals surface area contributed by atoms with Crippen molar-refractivity contribution in [3.05, 3.63) is 89.1 Å². The summed E-state index contributed by atoms with van der Waals surface area (Å²) in [6, 6.07) is 18.7. The second-order valence-corrected chi connectivity index (χ2v) is 7.21. The predicted molar refractivity (Wildman–Crippen MR) is 120 cm³/mol. The quantitative estimate of drug-likeness (QED) is 0.367. The van der Waals surface area contributed by atoms with E-state index in [2.05, 4.69) is 10.3 Å². The molecule has 0 fully saturated rings. The summed E-state index contributed by atoms with van der Waals surface area (Å²) < 4.78 is 16.2. The van der Waals surface area contributed by atoms with E-state index < -0.39 is 17.9 Å². The number of rotatable bonds is 10. The van der Waals surface area contributed by atoms with Crippen LogP contribution >= 0.6 is 11.6 Å². The molecule has 3 rings (SSSR count). The molecule has 7 nitrogen and oxygen atoms in total. The first kappa shape index (κ1) is 23.2. The molecular weight excluding hydrogens is 432 g/mol. The van der Waals surface area contributed by atoms with Gasteiger partial charge in [0.15, 0.2) is 6.04 Å². The molecule has 0 saturated heterocycles. The summed E-state index contributed by atoms with van der Waals surface area (Å²) in [7, 11) is 1.25. The third-order valence-electron chi connectivity index (χ3n) is 4.50. The number of methoxy groups -OCH3 is 1. The van der Waals surface area contributed by atoms with E-state index in [1.54, 1.807) is 36.4 Å². The molecule has 166 valence electrons. The summed E-state index contributed by atoms with van der Waals surface area (Å²) in [4.78, 5) is 29.2. The largest absolute Gasteiger partial charge is 0.467 e.